The number of nitrogens with one attached hydrogen (secondary N) is 2. The van der Waals surface area contributed by atoms with E-state index in [4.69, 9.17) is 16.9 Å². The van der Waals surface area contributed by atoms with Gasteiger partial charge in [0.25, 0.3) is 5.91 Å². The minimum Gasteiger partial charge on any atom is -0.373 e. The molecule has 0 spiro atoms. The Balaban J connectivity index is 2.30. The topological polar surface area (TPSA) is 77.8 Å². The first-order valence-electron chi connectivity index (χ1n) is 5.90. The largest absolute Gasteiger partial charge is 0.373 e. The Morgan fingerprint density at radius 1 is 1.38 bits per heavy atom. The van der Waals surface area contributed by atoms with Crippen LogP contribution in [0.2, 0.25) is 5.15 Å². The van der Waals surface area contributed by atoms with Crippen LogP contribution in [0.4, 0.5) is 11.5 Å². The Bertz CT molecular complexity index is 742. The van der Waals surface area contributed by atoms with Crippen molar-refractivity contribution in [3.63, 3.8) is 0 Å². The Morgan fingerprint density at radius 2 is 2.14 bits per heavy atom. The van der Waals surface area contributed by atoms with Crippen molar-refractivity contribution in [1.29, 1.82) is 5.26 Å². The number of halogens is 2. The van der Waals surface area contributed by atoms with Gasteiger partial charge in [0.2, 0.25) is 0 Å². The molecule has 0 atom stereocenters. The Kier molecular flexibility index (Phi) is 4.78. The summed E-state index contributed by atoms with van der Waals surface area (Å²) in [5, 5.41) is 14.8. The van der Waals surface area contributed by atoms with E-state index < -0.39 is 0 Å². The molecule has 7 heteroatoms. The van der Waals surface area contributed by atoms with Crippen molar-refractivity contribution in [2.24, 2.45) is 0 Å². The summed E-state index contributed by atoms with van der Waals surface area (Å²) in [7, 11) is 1.68. The van der Waals surface area contributed by atoms with E-state index >= 15 is 0 Å². The highest BCUT2D eigenvalue weighted by Gasteiger charge is 2.12. The number of rotatable bonds is 3. The molecule has 0 aliphatic carbocycles. The molecule has 1 heterocycles. The summed E-state index contributed by atoms with van der Waals surface area (Å²) in [6.07, 6.45) is 0. The molecule has 21 heavy (non-hydrogen) atoms. The molecule has 0 saturated carbocycles. The zero-order valence-corrected chi connectivity index (χ0v) is 13.3. The van der Waals surface area contributed by atoms with Crippen LogP contribution in [0.3, 0.4) is 0 Å². The minimum atomic E-state index is -0.366. The third kappa shape index (κ3) is 3.72. The van der Waals surface area contributed by atoms with Gasteiger partial charge in [-0.1, -0.05) is 27.5 Å². The summed E-state index contributed by atoms with van der Waals surface area (Å²) in [6, 6.07) is 10.1. The van der Waals surface area contributed by atoms with Gasteiger partial charge in [0.05, 0.1) is 11.3 Å². The third-order valence-electron chi connectivity index (χ3n) is 2.66. The molecule has 2 N–H and O–H groups in total. The van der Waals surface area contributed by atoms with Gasteiger partial charge in [-0.25, -0.2) is 4.98 Å². The molecule has 106 valence electrons. The van der Waals surface area contributed by atoms with Crippen molar-refractivity contribution in [3.05, 3.63) is 51.1 Å². The van der Waals surface area contributed by atoms with Gasteiger partial charge in [0.1, 0.15) is 17.0 Å². The fourth-order valence-electron chi connectivity index (χ4n) is 1.67. The highest BCUT2D eigenvalue weighted by atomic mass is 79.9. The number of anilines is 2. The van der Waals surface area contributed by atoms with E-state index in [1.54, 1.807) is 31.3 Å². The van der Waals surface area contributed by atoms with Crippen LogP contribution in [0.25, 0.3) is 0 Å². The first-order chi connectivity index (χ1) is 10.0. The first kappa shape index (κ1) is 15.3. The quantitative estimate of drug-likeness (QED) is 0.814. The van der Waals surface area contributed by atoms with Crippen LogP contribution in [0.15, 0.2) is 34.8 Å². The lowest BCUT2D eigenvalue weighted by Crippen LogP contribution is -2.13. The number of nitrogens with zero attached hydrogens (tertiary/aromatic N) is 2. The molecule has 1 aromatic heterocycles. The van der Waals surface area contributed by atoms with Crippen molar-refractivity contribution in [2.75, 3.05) is 17.7 Å². The van der Waals surface area contributed by atoms with E-state index in [9.17, 15) is 4.79 Å². The standard InChI is InChI=1S/C14H10BrClN4O/c1-18-13-6-8(5-12(16)20-13)14(21)19-11-3-2-10(15)4-9(11)7-17/h2-6H,1H3,(H,18,20)(H,19,21). The Morgan fingerprint density at radius 3 is 2.81 bits per heavy atom. The van der Waals surface area contributed by atoms with E-state index in [0.717, 1.165) is 4.47 Å². The van der Waals surface area contributed by atoms with Gasteiger partial charge < -0.3 is 10.6 Å². The monoisotopic (exact) mass is 364 g/mol. The smallest absolute Gasteiger partial charge is 0.255 e. The lowest BCUT2D eigenvalue weighted by Gasteiger charge is -2.09. The number of pyridine rings is 1. The fourth-order valence-corrected chi connectivity index (χ4v) is 2.24. The maximum absolute atomic E-state index is 12.2. The van der Waals surface area contributed by atoms with Crippen LogP contribution in [-0.4, -0.2) is 17.9 Å². The van der Waals surface area contributed by atoms with Crippen LogP contribution < -0.4 is 10.6 Å². The van der Waals surface area contributed by atoms with Gasteiger partial charge in [-0.05, 0) is 30.3 Å². The summed E-state index contributed by atoms with van der Waals surface area (Å²) in [5.41, 5.74) is 1.16. The number of nitriles is 1. The van der Waals surface area contributed by atoms with Crippen molar-refractivity contribution < 1.29 is 4.79 Å². The van der Waals surface area contributed by atoms with E-state index in [2.05, 4.69) is 31.5 Å². The summed E-state index contributed by atoms with van der Waals surface area (Å²) in [6.45, 7) is 0. The minimum absolute atomic E-state index is 0.211. The summed E-state index contributed by atoms with van der Waals surface area (Å²) >= 11 is 9.14. The number of aromatic nitrogens is 1. The predicted octanol–water partition coefficient (Wildman–Crippen LogP) is 3.66. The molecule has 1 amide bonds. The first-order valence-corrected chi connectivity index (χ1v) is 7.07. The number of hydrogen-bond donors (Lipinski definition) is 2. The highest BCUT2D eigenvalue weighted by Crippen LogP contribution is 2.22. The summed E-state index contributed by atoms with van der Waals surface area (Å²) in [5.74, 6) is 0.124. The van der Waals surface area contributed by atoms with Crippen LogP contribution in [-0.2, 0) is 0 Å². The Hall–Kier alpha value is -2.10. The van der Waals surface area contributed by atoms with Gasteiger partial charge in [0, 0.05) is 17.1 Å². The molecule has 0 aliphatic heterocycles. The number of benzene rings is 1. The molecule has 0 unspecified atom stereocenters. The van der Waals surface area contributed by atoms with E-state index in [0.29, 0.717) is 22.6 Å². The summed E-state index contributed by atoms with van der Waals surface area (Å²) < 4.78 is 0.765. The maximum atomic E-state index is 12.2. The Labute approximate surface area is 135 Å². The molecular weight excluding hydrogens is 356 g/mol. The van der Waals surface area contributed by atoms with E-state index in [1.165, 1.54) is 6.07 Å². The average molecular weight is 366 g/mol. The van der Waals surface area contributed by atoms with Crippen LogP contribution >= 0.6 is 27.5 Å². The maximum Gasteiger partial charge on any atom is 0.255 e. The van der Waals surface area contributed by atoms with Crippen molar-refractivity contribution in [3.8, 4) is 6.07 Å². The van der Waals surface area contributed by atoms with Gasteiger partial charge in [0.15, 0.2) is 0 Å². The van der Waals surface area contributed by atoms with Gasteiger partial charge in [-0.3, -0.25) is 4.79 Å². The second-order valence-electron chi connectivity index (χ2n) is 4.07. The molecule has 1 aromatic carbocycles. The molecule has 2 rings (SSSR count). The van der Waals surface area contributed by atoms with Crippen molar-refractivity contribution in [1.82, 2.24) is 4.98 Å². The molecule has 0 radical (unpaired) electrons. The van der Waals surface area contributed by atoms with Crippen molar-refractivity contribution in [2.45, 2.75) is 0 Å². The van der Waals surface area contributed by atoms with E-state index in [-0.39, 0.29) is 11.1 Å². The van der Waals surface area contributed by atoms with Gasteiger partial charge >= 0.3 is 0 Å². The number of hydrogen-bond acceptors (Lipinski definition) is 4. The SMILES string of the molecule is CNc1cc(C(=O)Nc2ccc(Br)cc2C#N)cc(Cl)n1. The number of amides is 1. The van der Waals surface area contributed by atoms with Gasteiger partial charge in [-0.2, -0.15) is 5.26 Å². The zero-order chi connectivity index (χ0) is 15.4. The lowest BCUT2D eigenvalue weighted by molar-refractivity contribution is 0.102. The molecule has 0 aliphatic rings. The normalized spacial score (nSPS) is 9.81. The second-order valence-corrected chi connectivity index (χ2v) is 5.37. The fraction of sp³-hybridized carbons (Fsp3) is 0.0714. The van der Waals surface area contributed by atoms with E-state index in [1.807, 2.05) is 6.07 Å². The molecule has 5 nitrogen and oxygen atoms in total. The van der Waals surface area contributed by atoms with Crippen LogP contribution in [0, 0.1) is 11.3 Å². The number of carbonyl (C=O) groups excluding carboxylic acids is 1. The predicted molar refractivity (Wildman–Crippen MR) is 85.6 cm³/mol. The van der Waals surface area contributed by atoms with Crippen molar-refractivity contribution >= 4 is 44.9 Å². The average Bonchev–Trinajstić information content (AvgIpc) is 2.48. The number of carbonyl (C=O) groups is 1. The molecule has 0 saturated heterocycles. The highest BCUT2D eigenvalue weighted by molar-refractivity contribution is 9.10. The van der Waals surface area contributed by atoms with Gasteiger partial charge in [-0.15, -0.1) is 0 Å². The third-order valence-corrected chi connectivity index (χ3v) is 3.35. The lowest BCUT2D eigenvalue weighted by atomic mass is 10.1. The van der Waals surface area contributed by atoms with Crippen LogP contribution in [0.1, 0.15) is 15.9 Å². The molecule has 2 aromatic rings. The molecular formula is C14H10BrClN4O. The molecule has 0 bridgehead atoms. The second kappa shape index (κ2) is 6.57. The summed E-state index contributed by atoms with van der Waals surface area (Å²) in [4.78, 5) is 16.2. The molecule has 0 fully saturated rings. The zero-order valence-electron chi connectivity index (χ0n) is 10.9. The van der Waals surface area contributed by atoms with Crippen LogP contribution in [0.5, 0.6) is 0 Å².